The third kappa shape index (κ3) is 4.78. The summed E-state index contributed by atoms with van der Waals surface area (Å²) < 4.78 is 1.94. The summed E-state index contributed by atoms with van der Waals surface area (Å²) in [6.07, 6.45) is 1.58. The Labute approximate surface area is 165 Å². The SMILES string of the molecule is CCN(CC(=O)O)C1CC(NC(=O)c2cccc(Cn3nc(C)cc3C)c2)C1. The quantitative estimate of drug-likeness (QED) is 0.729. The number of carboxylic acid groups (broad SMARTS) is 1. The first-order valence-electron chi connectivity index (χ1n) is 9.72. The first-order chi connectivity index (χ1) is 13.4. The summed E-state index contributed by atoms with van der Waals surface area (Å²) in [5.41, 5.74) is 3.74. The van der Waals surface area contributed by atoms with Crippen LogP contribution < -0.4 is 5.32 Å². The summed E-state index contributed by atoms with van der Waals surface area (Å²) >= 11 is 0. The van der Waals surface area contributed by atoms with Crippen molar-refractivity contribution in [2.75, 3.05) is 13.1 Å². The number of rotatable bonds is 8. The molecule has 0 radical (unpaired) electrons. The van der Waals surface area contributed by atoms with E-state index in [1.54, 1.807) is 0 Å². The molecule has 1 fully saturated rings. The van der Waals surface area contributed by atoms with Crippen LogP contribution in [0.4, 0.5) is 0 Å². The fourth-order valence-electron chi connectivity index (χ4n) is 3.76. The minimum absolute atomic E-state index is 0.0518. The number of nitrogens with zero attached hydrogens (tertiary/aromatic N) is 3. The molecule has 0 unspecified atom stereocenters. The van der Waals surface area contributed by atoms with E-state index in [1.807, 2.05) is 60.7 Å². The second kappa shape index (κ2) is 8.56. The minimum atomic E-state index is -0.811. The molecule has 7 heteroatoms. The highest BCUT2D eigenvalue weighted by atomic mass is 16.4. The molecule has 0 aliphatic heterocycles. The van der Waals surface area contributed by atoms with Gasteiger partial charge in [-0.2, -0.15) is 5.10 Å². The van der Waals surface area contributed by atoms with Crippen LogP contribution in [0.3, 0.4) is 0 Å². The topological polar surface area (TPSA) is 87.5 Å². The molecule has 0 saturated heterocycles. The van der Waals surface area contributed by atoms with Crippen molar-refractivity contribution in [1.82, 2.24) is 20.0 Å². The molecule has 150 valence electrons. The molecule has 1 heterocycles. The van der Waals surface area contributed by atoms with Crippen LogP contribution in [-0.2, 0) is 11.3 Å². The molecule has 0 spiro atoms. The monoisotopic (exact) mass is 384 g/mol. The molecular weight excluding hydrogens is 356 g/mol. The highest BCUT2D eigenvalue weighted by Gasteiger charge is 2.34. The Morgan fingerprint density at radius 3 is 2.64 bits per heavy atom. The number of likely N-dealkylation sites (N-methyl/N-ethyl adjacent to an activating group) is 1. The summed E-state index contributed by atoms with van der Waals surface area (Å²) in [5.74, 6) is -0.895. The number of benzene rings is 1. The molecule has 1 saturated carbocycles. The maximum absolute atomic E-state index is 12.6. The smallest absolute Gasteiger partial charge is 0.317 e. The zero-order valence-corrected chi connectivity index (χ0v) is 16.7. The lowest BCUT2D eigenvalue weighted by Gasteiger charge is -2.42. The lowest BCUT2D eigenvalue weighted by molar-refractivity contribution is -0.139. The predicted molar refractivity (Wildman–Crippen MR) is 106 cm³/mol. The van der Waals surface area contributed by atoms with Gasteiger partial charge in [0.25, 0.3) is 5.91 Å². The lowest BCUT2D eigenvalue weighted by atomic mass is 9.85. The van der Waals surface area contributed by atoms with Crippen molar-refractivity contribution < 1.29 is 14.7 Å². The molecule has 1 amide bonds. The average Bonchev–Trinajstić information content (AvgIpc) is 2.93. The van der Waals surface area contributed by atoms with E-state index in [1.165, 1.54) is 0 Å². The van der Waals surface area contributed by atoms with Crippen LogP contribution in [0.1, 0.15) is 47.1 Å². The van der Waals surface area contributed by atoms with Crippen LogP contribution in [0.15, 0.2) is 30.3 Å². The van der Waals surface area contributed by atoms with Gasteiger partial charge in [0.05, 0.1) is 18.8 Å². The van der Waals surface area contributed by atoms with Gasteiger partial charge in [0.1, 0.15) is 0 Å². The maximum atomic E-state index is 12.6. The molecule has 1 aromatic carbocycles. The summed E-state index contributed by atoms with van der Waals surface area (Å²) in [6, 6.07) is 9.98. The number of carbonyl (C=O) groups excluding carboxylic acids is 1. The van der Waals surface area contributed by atoms with Gasteiger partial charge in [0, 0.05) is 23.3 Å². The number of aliphatic carboxylic acids is 1. The van der Waals surface area contributed by atoms with E-state index >= 15 is 0 Å². The van der Waals surface area contributed by atoms with Crippen molar-refractivity contribution in [2.24, 2.45) is 0 Å². The predicted octanol–water partition coefficient (Wildman–Crippen LogP) is 2.22. The average molecular weight is 384 g/mol. The molecule has 7 nitrogen and oxygen atoms in total. The van der Waals surface area contributed by atoms with E-state index in [2.05, 4.69) is 10.4 Å². The van der Waals surface area contributed by atoms with E-state index in [0.29, 0.717) is 18.7 Å². The van der Waals surface area contributed by atoms with Gasteiger partial charge in [0.15, 0.2) is 0 Å². The standard InChI is InChI=1S/C21H28N4O3/c1-4-24(13-20(26)27)19-10-18(11-19)22-21(28)17-7-5-6-16(9-17)12-25-15(3)8-14(2)23-25/h5-9,18-19H,4,10-13H2,1-3H3,(H,22,28)(H,26,27). The van der Waals surface area contributed by atoms with E-state index in [4.69, 9.17) is 5.11 Å². The highest BCUT2D eigenvalue weighted by Crippen LogP contribution is 2.26. The Morgan fingerprint density at radius 2 is 2.04 bits per heavy atom. The van der Waals surface area contributed by atoms with Crippen LogP contribution in [0.2, 0.25) is 0 Å². The fraction of sp³-hybridized carbons (Fsp3) is 0.476. The number of amides is 1. The second-order valence-electron chi connectivity index (χ2n) is 7.54. The Bertz CT molecular complexity index is 855. The molecule has 0 bridgehead atoms. The number of carbonyl (C=O) groups is 2. The lowest BCUT2D eigenvalue weighted by Crippen LogP contribution is -2.54. The number of aryl methyl sites for hydroxylation is 2. The molecule has 2 N–H and O–H groups in total. The van der Waals surface area contributed by atoms with E-state index in [0.717, 1.165) is 29.8 Å². The summed E-state index contributed by atoms with van der Waals surface area (Å²) in [7, 11) is 0. The Morgan fingerprint density at radius 1 is 1.29 bits per heavy atom. The van der Waals surface area contributed by atoms with Crippen molar-refractivity contribution in [3.8, 4) is 0 Å². The molecule has 0 atom stereocenters. The van der Waals surface area contributed by atoms with Crippen molar-refractivity contribution in [3.63, 3.8) is 0 Å². The first-order valence-corrected chi connectivity index (χ1v) is 9.72. The number of aromatic nitrogens is 2. The number of carboxylic acids is 1. The van der Waals surface area contributed by atoms with Gasteiger partial charge < -0.3 is 10.4 Å². The van der Waals surface area contributed by atoms with Gasteiger partial charge in [0.2, 0.25) is 0 Å². The van der Waals surface area contributed by atoms with Gasteiger partial charge >= 0.3 is 5.97 Å². The summed E-state index contributed by atoms with van der Waals surface area (Å²) in [6.45, 7) is 7.33. The van der Waals surface area contributed by atoms with E-state index in [-0.39, 0.29) is 24.5 Å². The first kappa shape index (κ1) is 20.1. The minimum Gasteiger partial charge on any atom is -0.480 e. The summed E-state index contributed by atoms with van der Waals surface area (Å²) in [5, 5.41) is 16.5. The number of hydrogen-bond donors (Lipinski definition) is 2. The normalized spacial score (nSPS) is 18.7. The molecule has 1 aliphatic carbocycles. The highest BCUT2D eigenvalue weighted by molar-refractivity contribution is 5.94. The van der Waals surface area contributed by atoms with E-state index in [9.17, 15) is 9.59 Å². The van der Waals surface area contributed by atoms with Gasteiger partial charge in [-0.05, 0) is 57.0 Å². The zero-order chi connectivity index (χ0) is 20.3. The fourth-order valence-corrected chi connectivity index (χ4v) is 3.76. The van der Waals surface area contributed by atoms with Crippen molar-refractivity contribution >= 4 is 11.9 Å². The molecule has 28 heavy (non-hydrogen) atoms. The Hall–Kier alpha value is -2.67. The van der Waals surface area contributed by atoms with Crippen molar-refractivity contribution in [1.29, 1.82) is 0 Å². The Balaban J connectivity index is 1.56. The summed E-state index contributed by atoms with van der Waals surface area (Å²) in [4.78, 5) is 25.5. The van der Waals surface area contributed by atoms with E-state index < -0.39 is 5.97 Å². The van der Waals surface area contributed by atoms with Gasteiger partial charge in [-0.1, -0.05) is 19.1 Å². The van der Waals surface area contributed by atoms with Crippen molar-refractivity contribution in [3.05, 3.63) is 52.8 Å². The zero-order valence-electron chi connectivity index (χ0n) is 16.7. The molecule has 3 rings (SSSR count). The van der Waals surface area contributed by atoms with Crippen LogP contribution in [-0.4, -0.2) is 56.8 Å². The van der Waals surface area contributed by atoms with Crippen LogP contribution in [0.5, 0.6) is 0 Å². The number of hydrogen-bond acceptors (Lipinski definition) is 4. The third-order valence-electron chi connectivity index (χ3n) is 5.33. The second-order valence-corrected chi connectivity index (χ2v) is 7.54. The van der Waals surface area contributed by atoms with Gasteiger partial charge in [-0.25, -0.2) is 0 Å². The third-order valence-corrected chi connectivity index (χ3v) is 5.33. The van der Waals surface area contributed by atoms with Gasteiger partial charge in [-0.3, -0.25) is 19.2 Å². The maximum Gasteiger partial charge on any atom is 0.317 e. The largest absolute Gasteiger partial charge is 0.480 e. The molecule has 1 aromatic heterocycles. The van der Waals surface area contributed by atoms with Gasteiger partial charge in [-0.15, -0.1) is 0 Å². The molecule has 1 aliphatic rings. The van der Waals surface area contributed by atoms with Crippen LogP contribution in [0, 0.1) is 13.8 Å². The Kier molecular flexibility index (Phi) is 6.14. The molecule has 2 aromatic rings. The van der Waals surface area contributed by atoms with Crippen LogP contribution in [0.25, 0.3) is 0 Å². The van der Waals surface area contributed by atoms with Crippen LogP contribution >= 0.6 is 0 Å². The number of nitrogens with one attached hydrogen (secondary N) is 1. The van der Waals surface area contributed by atoms with Crippen molar-refractivity contribution in [2.45, 2.75) is 52.2 Å². The molecular formula is C21H28N4O3.